The van der Waals surface area contributed by atoms with Crippen LogP contribution in [0, 0.1) is 5.92 Å². The Morgan fingerprint density at radius 1 is 0.903 bits per heavy atom. The number of hydrogen-bond acceptors (Lipinski definition) is 5. The van der Waals surface area contributed by atoms with E-state index in [0.29, 0.717) is 31.5 Å². The molecule has 0 radical (unpaired) electrons. The molecule has 4 rings (SSSR count). The fourth-order valence-corrected chi connectivity index (χ4v) is 7.67. The molecule has 172 valence electrons. The molecule has 3 heterocycles. The summed E-state index contributed by atoms with van der Waals surface area (Å²) >= 11 is 1.12. The standard InChI is InChI=1S/C22H33N3O4S2/c26-21(23-19-7-3-1-4-8-19)17-9-13-25(14-10-17)31(28,29)20-15-18(16-30-20)22(27)24-11-5-2-6-12-24/h15-17,19H,1-14H2,(H,23,26). The van der Waals surface area contributed by atoms with Crippen molar-refractivity contribution in [3.8, 4) is 0 Å². The van der Waals surface area contributed by atoms with Crippen LogP contribution in [0.15, 0.2) is 15.7 Å². The van der Waals surface area contributed by atoms with Crippen LogP contribution in [0.3, 0.4) is 0 Å². The molecule has 3 aliphatic rings. The molecule has 0 spiro atoms. The second kappa shape index (κ2) is 10.0. The minimum Gasteiger partial charge on any atom is -0.353 e. The number of sulfonamides is 1. The molecular formula is C22H33N3O4S2. The number of hydrogen-bond donors (Lipinski definition) is 1. The van der Waals surface area contributed by atoms with E-state index in [9.17, 15) is 18.0 Å². The van der Waals surface area contributed by atoms with Crippen molar-refractivity contribution >= 4 is 33.2 Å². The minimum atomic E-state index is -3.63. The highest BCUT2D eigenvalue weighted by Crippen LogP contribution is 2.29. The summed E-state index contributed by atoms with van der Waals surface area (Å²) < 4.78 is 27.9. The molecule has 7 nitrogen and oxygen atoms in total. The van der Waals surface area contributed by atoms with Gasteiger partial charge in [0.05, 0.1) is 5.56 Å². The first kappa shape index (κ1) is 22.7. The lowest BCUT2D eigenvalue weighted by Crippen LogP contribution is -2.45. The van der Waals surface area contributed by atoms with Gasteiger partial charge in [-0.3, -0.25) is 9.59 Å². The average Bonchev–Trinajstić information content (AvgIpc) is 3.31. The van der Waals surface area contributed by atoms with E-state index in [-0.39, 0.29) is 28.0 Å². The average molecular weight is 468 g/mol. The molecule has 1 aliphatic carbocycles. The van der Waals surface area contributed by atoms with Crippen molar-refractivity contribution in [1.29, 1.82) is 0 Å². The Labute approximate surface area is 189 Å². The number of nitrogens with one attached hydrogen (secondary N) is 1. The van der Waals surface area contributed by atoms with Gasteiger partial charge in [-0.1, -0.05) is 19.3 Å². The van der Waals surface area contributed by atoms with E-state index < -0.39 is 10.0 Å². The number of likely N-dealkylation sites (tertiary alicyclic amines) is 1. The molecule has 1 N–H and O–H groups in total. The van der Waals surface area contributed by atoms with Crippen molar-refractivity contribution in [3.05, 3.63) is 17.0 Å². The normalized spacial score (nSPS) is 22.4. The third-order valence-corrected chi connectivity index (χ3v) is 10.1. The number of piperidine rings is 2. The molecule has 2 saturated heterocycles. The fraction of sp³-hybridized carbons (Fsp3) is 0.727. The van der Waals surface area contributed by atoms with E-state index in [1.165, 1.54) is 29.6 Å². The molecule has 1 aromatic rings. The Bertz CT molecular complexity index is 878. The lowest BCUT2D eigenvalue weighted by molar-refractivity contribution is -0.127. The summed E-state index contributed by atoms with van der Waals surface area (Å²) in [4.78, 5) is 27.1. The lowest BCUT2D eigenvalue weighted by atomic mass is 9.93. The molecule has 0 unspecified atom stereocenters. The molecule has 3 fully saturated rings. The Morgan fingerprint density at radius 2 is 1.55 bits per heavy atom. The number of carbonyl (C=O) groups is 2. The lowest BCUT2D eigenvalue weighted by Gasteiger charge is -2.31. The molecule has 1 aromatic heterocycles. The van der Waals surface area contributed by atoms with Crippen molar-refractivity contribution in [2.45, 2.75) is 74.5 Å². The van der Waals surface area contributed by atoms with Crippen LogP contribution in [-0.4, -0.2) is 61.7 Å². The van der Waals surface area contributed by atoms with Crippen LogP contribution in [0.5, 0.6) is 0 Å². The predicted molar refractivity (Wildman–Crippen MR) is 121 cm³/mol. The van der Waals surface area contributed by atoms with Crippen molar-refractivity contribution in [1.82, 2.24) is 14.5 Å². The van der Waals surface area contributed by atoms with Crippen molar-refractivity contribution in [3.63, 3.8) is 0 Å². The van der Waals surface area contributed by atoms with E-state index >= 15 is 0 Å². The highest BCUT2D eigenvalue weighted by Gasteiger charge is 2.34. The van der Waals surface area contributed by atoms with E-state index in [0.717, 1.165) is 56.5 Å². The van der Waals surface area contributed by atoms with E-state index in [1.54, 1.807) is 5.38 Å². The Hall–Kier alpha value is -1.45. The van der Waals surface area contributed by atoms with Gasteiger partial charge < -0.3 is 10.2 Å². The van der Waals surface area contributed by atoms with E-state index in [2.05, 4.69) is 5.32 Å². The second-order valence-corrected chi connectivity index (χ2v) is 12.1. The van der Waals surface area contributed by atoms with Crippen LogP contribution in [0.25, 0.3) is 0 Å². The molecule has 2 aliphatic heterocycles. The van der Waals surface area contributed by atoms with Crippen LogP contribution in [0.1, 0.15) is 74.6 Å². The molecule has 31 heavy (non-hydrogen) atoms. The van der Waals surface area contributed by atoms with Gasteiger partial charge >= 0.3 is 0 Å². The highest BCUT2D eigenvalue weighted by molar-refractivity contribution is 7.91. The Morgan fingerprint density at radius 3 is 2.23 bits per heavy atom. The topological polar surface area (TPSA) is 86.8 Å². The smallest absolute Gasteiger partial charge is 0.254 e. The third-order valence-electron chi connectivity index (χ3n) is 6.84. The number of amides is 2. The van der Waals surface area contributed by atoms with Crippen LogP contribution in [0.4, 0.5) is 0 Å². The predicted octanol–water partition coefficient (Wildman–Crippen LogP) is 3.22. The Balaban J connectivity index is 1.33. The molecule has 0 aromatic carbocycles. The summed E-state index contributed by atoms with van der Waals surface area (Å²) in [5, 5.41) is 4.83. The van der Waals surface area contributed by atoms with Gasteiger partial charge in [-0.2, -0.15) is 4.31 Å². The number of rotatable bonds is 5. The zero-order valence-electron chi connectivity index (χ0n) is 18.1. The zero-order valence-corrected chi connectivity index (χ0v) is 19.7. The maximum absolute atomic E-state index is 13.1. The third kappa shape index (κ3) is 5.31. The summed E-state index contributed by atoms with van der Waals surface area (Å²) in [5.74, 6) is -0.113. The Kier molecular flexibility index (Phi) is 7.33. The number of carbonyl (C=O) groups excluding carboxylic acids is 2. The largest absolute Gasteiger partial charge is 0.353 e. The maximum atomic E-state index is 13.1. The van der Waals surface area contributed by atoms with Crippen LogP contribution in [0.2, 0.25) is 0 Å². The second-order valence-electron chi connectivity index (χ2n) is 9.03. The van der Waals surface area contributed by atoms with Gasteiger partial charge in [0.2, 0.25) is 5.91 Å². The monoisotopic (exact) mass is 467 g/mol. The summed E-state index contributed by atoms with van der Waals surface area (Å²) in [7, 11) is -3.63. The maximum Gasteiger partial charge on any atom is 0.254 e. The SMILES string of the molecule is O=C(NC1CCCCC1)C1CCN(S(=O)(=O)c2cc(C(=O)N3CCCCC3)cs2)CC1. The zero-order chi connectivity index (χ0) is 21.8. The molecule has 1 saturated carbocycles. The van der Waals surface area contributed by atoms with Gasteiger partial charge in [0, 0.05) is 43.5 Å². The van der Waals surface area contributed by atoms with Gasteiger partial charge in [0.25, 0.3) is 15.9 Å². The quantitative estimate of drug-likeness (QED) is 0.720. The fourth-order valence-electron chi connectivity index (χ4n) is 4.90. The molecular weight excluding hydrogens is 434 g/mol. The summed E-state index contributed by atoms with van der Waals surface area (Å²) in [6, 6.07) is 1.81. The van der Waals surface area contributed by atoms with Crippen LogP contribution >= 0.6 is 11.3 Å². The first-order valence-electron chi connectivity index (χ1n) is 11.6. The molecule has 0 atom stereocenters. The van der Waals surface area contributed by atoms with Crippen molar-refractivity contribution < 1.29 is 18.0 Å². The van der Waals surface area contributed by atoms with Crippen LogP contribution < -0.4 is 5.32 Å². The van der Waals surface area contributed by atoms with Gasteiger partial charge in [0.15, 0.2) is 0 Å². The van der Waals surface area contributed by atoms with Crippen LogP contribution in [-0.2, 0) is 14.8 Å². The van der Waals surface area contributed by atoms with E-state index in [1.807, 2.05) is 4.90 Å². The van der Waals surface area contributed by atoms with Gasteiger partial charge in [0.1, 0.15) is 4.21 Å². The summed E-state index contributed by atoms with van der Waals surface area (Å²) in [6.45, 7) is 2.18. The molecule has 9 heteroatoms. The number of thiophene rings is 1. The van der Waals surface area contributed by atoms with Crippen molar-refractivity contribution in [2.75, 3.05) is 26.2 Å². The minimum absolute atomic E-state index is 0.0736. The number of nitrogens with zero attached hydrogens (tertiary/aromatic N) is 2. The molecule has 2 amide bonds. The van der Waals surface area contributed by atoms with Gasteiger partial charge in [-0.05, 0) is 51.0 Å². The van der Waals surface area contributed by atoms with Gasteiger partial charge in [-0.15, -0.1) is 11.3 Å². The van der Waals surface area contributed by atoms with E-state index in [4.69, 9.17) is 0 Å². The summed E-state index contributed by atoms with van der Waals surface area (Å²) in [6.07, 6.45) is 9.93. The first-order valence-corrected chi connectivity index (χ1v) is 14.0. The van der Waals surface area contributed by atoms with Gasteiger partial charge in [-0.25, -0.2) is 8.42 Å². The summed E-state index contributed by atoms with van der Waals surface area (Å²) in [5.41, 5.74) is 0.465. The van der Waals surface area contributed by atoms with Crippen molar-refractivity contribution in [2.24, 2.45) is 5.92 Å². The molecule has 0 bridgehead atoms. The first-order chi connectivity index (χ1) is 14.9. The highest BCUT2D eigenvalue weighted by atomic mass is 32.2.